The van der Waals surface area contributed by atoms with Crippen molar-refractivity contribution in [2.45, 2.75) is 19.8 Å². The van der Waals surface area contributed by atoms with Crippen molar-refractivity contribution in [1.29, 1.82) is 0 Å². The van der Waals surface area contributed by atoms with Gasteiger partial charge in [-0.05, 0) is 71.2 Å². The molecule has 0 radical (unpaired) electrons. The average Bonchev–Trinajstić information content (AvgIpc) is 2.90. The molecule has 4 aromatic rings. The van der Waals surface area contributed by atoms with Crippen molar-refractivity contribution in [3.63, 3.8) is 0 Å². The van der Waals surface area contributed by atoms with Crippen LogP contribution in [0.25, 0.3) is 28.1 Å². The molecule has 0 spiro atoms. The molecule has 0 unspecified atom stereocenters. The normalized spacial score (nSPS) is 12.0. The maximum Gasteiger partial charge on any atom is 0.194 e. The van der Waals surface area contributed by atoms with Crippen LogP contribution >= 0.6 is 11.8 Å². The van der Waals surface area contributed by atoms with E-state index in [-0.39, 0.29) is 51.8 Å². The number of hydrogen-bond donors (Lipinski definition) is 0. The minimum atomic E-state index is -1.58. The summed E-state index contributed by atoms with van der Waals surface area (Å²) in [6, 6.07) is 12.7. The highest BCUT2D eigenvalue weighted by Gasteiger charge is 2.16. The van der Waals surface area contributed by atoms with Gasteiger partial charge in [-0.3, -0.25) is 0 Å². The van der Waals surface area contributed by atoms with Crippen LogP contribution in [0.15, 0.2) is 71.9 Å². The predicted octanol–water partition coefficient (Wildman–Crippen LogP) is 9.96. The molecule has 39 heavy (non-hydrogen) atoms. The first-order valence-electron chi connectivity index (χ1n) is 11.8. The van der Waals surface area contributed by atoms with E-state index in [2.05, 4.69) is 0 Å². The number of halogens is 8. The fraction of sp³-hybridized carbons (Fsp3) is 0.133. The number of rotatable bonds is 8. The van der Waals surface area contributed by atoms with Crippen molar-refractivity contribution < 1.29 is 35.1 Å². The van der Waals surface area contributed by atoms with Crippen molar-refractivity contribution in [2.75, 3.05) is 5.75 Å². The molecule has 0 fully saturated rings. The lowest BCUT2D eigenvalue weighted by atomic mass is 9.96. The Balaban J connectivity index is 1.54. The Morgan fingerprint density at radius 1 is 0.615 bits per heavy atom. The van der Waals surface area contributed by atoms with Crippen LogP contribution in [-0.2, 0) is 12.8 Å². The molecule has 0 aliphatic heterocycles. The van der Waals surface area contributed by atoms with Gasteiger partial charge in [0.1, 0.15) is 17.5 Å². The molecule has 4 rings (SSSR count). The van der Waals surface area contributed by atoms with Crippen molar-refractivity contribution >= 4 is 17.6 Å². The molecule has 0 aliphatic rings. The van der Waals surface area contributed by atoms with Gasteiger partial charge in [-0.15, -0.1) is 0 Å². The predicted molar refractivity (Wildman–Crippen MR) is 138 cm³/mol. The van der Waals surface area contributed by atoms with Crippen molar-refractivity contribution in [3.8, 4) is 22.3 Å². The van der Waals surface area contributed by atoms with Gasteiger partial charge in [0, 0.05) is 16.7 Å². The average molecular weight is 565 g/mol. The van der Waals surface area contributed by atoms with Gasteiger partial charge in [-0.2, -0.15) is 4.39 Å². The van der Waals surface area contributed by atoms with Gasteiger partial charge in [0.2, 0.25) is 0 Å². The van der Waals surface area contributed by atoms with E-state index in [9.17, 15) is 35.1 Å². The molecule has 0 heterocycles. The molecule has 0 nitrogen and oxygen atoms in total. The molecule has 0 aromatic heterocycles. The maximum absolute atomic E-state index is 15.0. The second-order valence-corrected chi connectivity index (χ2v) is 9.81. The molecule has 0 atom stereocenters. The molecule has 0 saturated heterocycles. The molecular formula is C30H20F8S. The number of hydrogen-bond acceptors (Lipinski definition) is 1. The second kappa shape index (κ2) is 12.1. The van der Waals surface area contributed by atoms with E-state index >= 15 is 0 Å². The third-order valence-electron chi connectivity index (χ3n) is 6.04. The SMILES string of the molecule is CCS/C(F)=C(\F)c1ccc(-c2ccc(-c3ccc(CCc4cc(F)c(F)c(F)c4)c(F)c3)c(F)c2)c(F)c1. The standard InChI is InChI=1S/C30H20F8S/c1-2-39-30(38)28(36)20-8-10-22(25(33)15-20)19-7-9-21(24(32)14-19)18-6-5-17(23(31)13-18)4-3-16-11-26(34)29(37)27(35)12-16/h5-15H,2-4H2,1H3/b30-28-. The Hall–Kier alpha value is -3.59. The lowest BCUT2D eigenvalue weighted by Crippen LogP contribution is -1.99. The van der Waals surface area contributed by atoms with Crippen LogP contribution in [0.5, 0.6) is 0 Å². The Bertz CT molecular complexity index is 1540. The summed E-state index contributed by atoms with van der Waals surface area (Å²) in [6.07, 6.45) is 0.103. The van der Waals surface area contributed by atoms with Crippen LogP contribution in [0.4, 0.5) is 35.1 Å². The van der Waals surface area contributed by atoms with Gasteiger partial charge in [-0.1, -0.05) is 55.1 Å². The van der Waals surface area contributed by atoms with E-state index in [1.165, 1.54) is 36.4 Å². The topological polar surface area (TPSA) is 0 Å². The van der Waals surface area contributed by atoms with E-state index in [4.69, 9.17) is 0 Å². The molecular weight excluding hydrogens is 544 g/mol. The first-order chi connectivity index (χ1) is 18.6. The van der Waals surface area contributed by atoms with Crippen LogP contribution in [0.3, 0.4) is 0 Å². The van der Waals surface area contributed by atoms with Crippen LogP contribution < -0.4 is 0 Å². The van der Waals surface area contributed by atoms with Crippen LogP contribution in [0.1, 0.15) is 23.6 Å². The molecule has 202 valence electrons. The Kier molecular flexibility index (Phi) is 8.80. The van der Waals surface area contributed by atoms with Gasteiger partial charge >= 0.3 is 0 Å². The minimum absolute atomic E-state index is 0.0317. The summed E-state index contributed by atoms with van der Waals surface area (Å²) >= 11 is 0.646. The van der Waals surface area contributed by atoms with Gasteiger partial charge in [0.25, 0.3) is 0 Å². The summed E-state index contributed by atoms with van der Waals surface area (Å²) in [5.74, 6) is -7.45. The summed E-state index contributed by atoms with van der Waals surface area (Å²) in [5, 5.41) is -1.06. The fourth-order valence-corrected chi connectivity index (χ4v) is 4.55. The lowest BCUT2D eigenvalue weighted by molar-refractivity contribution is 0.445. The van der Waals surface area contributed by atoms with E-state index in [0.717, 1.165) is 30.3 Å². The van der Waals surface area contributed by atoms with Crippen LogP contribution in [-0.4, -0.2) is 5.75 Å². The zero-order valence-corrected chi connectivity index (χ0v) is 21.2. The first-order valence-corrected chi connectivity index (χ1v) is 12.8. The highest BCUT2D eigenvalue weighted by Crippen LogP contribution is 2.34. The van der Waals surface area contributed by atoms with Gasteiger partial charge in [-0.25, -0.2) is 30.7 Å². The summed E-state index contributed by atoms with van der Waals surface area (Å²) < 4.78 is 112. The maximum atomic E-state index is 15.0. The minimum Gasteiger partial charge on any atom is -0.207 e. The van der Waals surface area contributed by atoms with Crippen molar-refractivity contribution in [1.82, 2.24) is 0 Å². The third-order valence-corrected chi connectivity index (χ3v) is 6.76. The Morgan fingerprint density at radius 3 is 1.74 bits per heavy atom. The molecule has 4 aromatic carbocycles. The van der Waals surface area contributed by atoms with E-state index < -0.39 is 45.9 Å². The van der Waals surface area contributed by atoms with E-state index in [1.54, 1.807) is 6.92 Å². The van der Waals surface area contributed by atoms with Gasteiger partial charge < -0.3 is 0 Å². The summed E-state index contributed by atoms with van der Waals surface area (Å²) in [4.78, 5) is 0. The zero-order valence-electron chi connectivity index (χ0n) is 20.4. The third kappa shape index (κ3) is 6.36. The fourth-order valence-electron chi connectivity index (χ4n) is 4.06. The molecule has 0 N–H and O–H groups in total. The summed E-state index contributed by atoms with van der Waals surface area (Å²) in [5.41, 5.74) is 0.429. The lowest BCUT2D eigenvalue weighted by Gasteiger charge is -2.11. The number of thioether (sulfide) groups is 1. The Morgan fingerprint density at radius 2 is 1.18 bits per heavy atom. The first kappa shape index (κ1) is 28.4. The smallest absolute Gasteiger partial charge is 0.194 e. The zero-order chi connectivity index (χ0) is 28.3. The van der Waals surface area contributed by atoms with Crippen LogP contribution in [0, 0.1) is 34.9 Å². The summed E-state index contributed by atoms with van der Waals surface area (Å²) in [6.45, 7) is 1.64. The van der Waals surface area contributed by atoms with Gasteiger partial charge in [0.05, 0.1) is 0 Å². The van der Waals surface area contributed by atoms with E-state index in [0.29, 0.717) is 17.5 Å². The molecule has 0 saturated carbocycles. The van der Waals surface area contributed by atoms with Gasteiger partial charge in [0.15, 0.2) is 28.4 Å². The largest absolute Gasteiger partial charge is 0.207 e. The molecule has 0 amide bonds. The highest BCUT2D eigenvalue weighted by atomic mass is 32.2. The summed E-state index contributed by atoms with van der Waals surface area (Å²) in [7, 11) is 0. The van der Waals surface area contributed by atoms with Crippen molar-refractivity contribution in [2.24, 2.45) is 0 Å². The van der Waals surface area contributed by atoms with Crippen molar-refractivity contribution in [3.05, 3.63) is 123 Å². The quantitative estimate of drug-likeness (QED) is 0.152. The second-order valence-electron chi connectivity index (χ2n) is 8.59. The van der Waals surface area contributed by atoms with Crippen LogP contribution in [0.2, 0.25) is 0 Å². The molecule has 0 bridgehead atoms. The number of aryl methyl sites for hydroxylation is 2. The van der Waals surface area contributed by atoms with E-state index in [1.807, 2.05) is 0 Å². The molecule has 9 heteroatoms. The molecule has 0 aliphatic carbocycles. The highest BCUT2D eigenvalue weighted by molar-refractivity contribution is 8.03. The Labute approximate surface area is 224 Å². The monoisotopic (exact) mass is 564 g/mol. The number of benzene rings is 4.